The fraction of sp³-hybridized carbons (Fsp3) is 0.385. The fourth-order valence-electron chi connectivity index (χ4n) is 12.2. The van der Waals surface area contributed by atoms with E-state index in [2.05, 4.69) is 73.8 Å². The molecule has 2 heterocycles. The summed E-state index contributed by atoms with van der Waals surface area (Å²) in [5, 5.41) is 96.4. The smallest absolute Gasteiger partial charge is 0.305 e. The molecule has 6 aromatic rings. The normalized spacial score (nSPS) is 13.8. The number of hydrogen-bond acceptors (Lipinski definition) is 22. The summed E-state index contributed by atoms with van der Waals surface area (Å²) in [5.74, 6) is -23.7. The van der Waals surface area contributed by atoms with Crippen LogP contribution in [0.2, 0.25) is 0 Å². The van der Waals surface area contributed by atoms with Crippen molar-refractivity contribution >= 4 is 118 Å². The van der Waals surface area contributed by atoms with Gasteiger partial charge in [0.05, 0.1) is 50.2 Å². The second-order valence-corrected chi connectivity index (χ2v) is 28.5. The highest BCUT2D eigenvalue weighted by molar-refractivity contribution is 6.05. The number of carbonyl (C=O) groups excluding carboxylic acids is 12. The number of nitrogens with two attached hydrogens (primary N) is 2. The summed E-state index contributed by atoms with van der Waals surface area (Å²) in [6, 6.07) is 17.4. The highest BCUT2D eigenvalue weighted by atomic mass is 16.4. The number of aromatic nitrogens is 6. The Balaban J connectivity index is 1.15. The first kappa shape index (κ1) is 94.2. The van der Waals surface area contributed by atoms with E-state index >= 15 is 0 Å². The maximum absolute atomic E-state index is 13.9. The molecule has 0 fully saturated rings. The van der Waals surface area contributed by atoms with E-state index in [0.29, 0.717) is 0 Å². The van der Waals surface area contributed by atoms with E-state index in [1.54, 1.807) is 0 Å². The second kappa shape index (κ2) is 45.0. The third-order valence-corrected chi connectivity index (χ3v) is 18.1. The first-order chi connectivity index (χ1) is 56.6. The summed E-state index contributed by atoms with van der Waals surface area (Å²) < 4.78 is 2.90. The molecule has 0 aliphatic rings. The first-order valence-electron chi connectivity index (χ1n) is 37.3. The Labute approximate surface area is 684 Å². The van der Waals surface area contributed by atoms with Crippen LogP contribution in [0.4, 0.5) is 0 Å². The van der Waals surface area contributed by atoms with Gasteiger partial charge in [-0.25, -0.2) is 9.36 Å². The molecule has 4 aromatic carbocycles. The predicted molar refractivity (Wildman–Crippen MR) is 418 cm³/mol. The Kier molecular flexibility index (Phi) is 35.4. The van der Waals surface area contributed by atoms with Crippen molar-refractivity contribution in [2.24, 2.45) is 23.3 Å². The van der Waals surface area contributed by atoms with Gasteiger partial charge in [0.15, 0.2) is 0 Å². The molecule has 0 radical (unpaired) electrons. The van der Waals surface area contributed by atoms with Crippen LogP contribution >= 0.6 is 0 Å². The maximum atomic E-state index is 13.9. The number of benzene rings is 4. The molecule has 0 saturated carbocycles. The Morgan fingerprint density at radius 2 is 0.600 bits per heavy atom. The van der Waals surface area contributed by atoms with Crippen LogP contribution in [0.3, 0.4) is 0 Å². The van der Waals surface area contributed by atoms with Gasteiger partial charge >= 0.3 is 35.8 Å². The molecule has 2 aromatic heterocycles. The van der Waals surface area contributed by atoms with Crippen molar-refractivity contribution in [1.82, 2.24) is 83.2 Å². The van der Waals surface area contributed by atoms with Crippen LogP contribution in [0.1, 0.15) is 138 Å². The zero-order valence-electron chi connectivity index (χ0n) is 65.8. The minimum Gasteiger partial charge on any atom is -0.481 e. The van der Waals surface area contributed by atoms with Crippen molar-refractivity contribution in [1.29, 1.82) is 0 Å². The number of aliphatic carboxylic acids is 6. The zero-order valence-corrected chi connectivity index (χ0v) is 65.8. The van der Waals surface area contributed by atoms with Gasteiger partial charge in [-0.3, -0.25) is 86.3 Å². The van der Waals surface area contributed by atoms with Gasteiger partial charge in [-0.15, -0.1) is 10.2 Å². The highest BCUT2D eigenvalue weighted by Gasteiger charge is 2.38. The molecule has 6 rings (SSSR count). The molecule has 20 N–H and O–H groups in total. The molecule has 0 aliphatic carbocycles. The number of carbonyl (C=O) groups is 18. The molecule has 640 valence electrons. The maximum Gasteiger partial charge on any atom is 0.305 e. The van der Waals surface area contributed by atoms with Gasteiger partial charge in [0, 0.05) is 51.9 Å². The van der Waals surface area contributed by atoms with Crippen molar-refractivity contribution in [3.63, 3.8) is 0 Å². The van der Waals surface area contributed by atoms with Gasteiger partial charge in [-0.2, -0.15) is 0 Å². The summed E-state index contributed by atoms with van der Waals surface area (Å²) in [7, 11) is 0. The number of carboxylic acid groups (broad SMARTS) is 6. The van der Waals surface area contributed by atoms with Gasteiger partial charge < -0.3 is 95.3 Å². The number of carboxylic acids is 6. The van der Waals surface area contributed by atoms with Gasteiger partial charge in [-0.1, -0.05) is 147 Å². The summed E-state index contributed by atoms with van der Waals surface area (Å²) in [6.45, 7) is 8.07. The van der Waals surface area contributed by atoms with E-state index in [4.69, 9.17) is 11.5 Å². The highest BCUT2D eigenvalue weighted by Crippen LogP contribution is 2.37. The number of nitrogens with one attached hydrogen (secondary N) is 10. The lowest BCUT2D eigenvalue weighted by Gasteiger charge is -2.28. The third-order valence-electron chi connectivity index (χ3n) is 18.1. The number of primary amides is 2. The first-order valence-corrected chi connectivity index (χ1v) is 37.3. The zero-order chi connectivity index (χ0) is 88.8. The van der Waals surface area contributed by atoms with Gasteiger partial charge in [0.2, 0.25) is 70.9 Å². The summed E-state index contributed by atoms with van der Waals surface area (Å²) >= 11 is 0. The summed E-state index contributed by atoms with van der Waals surface area (Å²) in [5.41, 5.74) is 18.2. The molecule has 42 nitrogen and oxygen atoms in total. The molecule has 120 heavy (non-hydrogen) atoms. The summed E-state index contributed by atoms with van der Waals surface area (Å²) in [4.78, 5) is 229. The summed E-state index contributed by atoms with van der Waals surface area (Å²) in [6.07, 6.45) is -4.29. The van der Waals surface area contributed by atoms with Crippen LogP contribution < -0.4 is 64.6 Å². The molecule has 0 saturated heterocycles. The minimum atomic E-state index is -1.91. The van der Waals surface area contributed by atoms with Crippen LogP contribution in [0.25, 0.3) is 11.1 Å². The van der Waals surface area contributed by atoms with Crippen LogP contribution in [0.15, 0.2) is 122 Å². The molecule has 1 unspecified atom stereocenters. The van der Waals surface area contributed by atoms with Crippen LogP contribution in [0, 0.1) is 11.8 Å². The number of rotatable bonds is 48. The van der Waals surface area contributed by atoms with E-state index in [9.17, 15) is 117 Å². The van der Waals surface area contributed by atoms with Gasteiger partial charge in [0.1, 0.15) is 60.4 Å². The lowest BCUT2D eigenvalue weighted by atomic mass is 9.85. The van der Waals surface area contributed by atoms with Crippen LogP contribution in [-0.4, -0.2) is 228 Å². The molecule has 0 aliphatic heterocycles. The Hall–Kier alpha value is -14.6. The van der Waals surface area contributed by atoms with E-state index in [0.717, 1.165) is 58.4 Å². The van der Waals surface area contributed by atoms with E-state index in [1.165, 1.54) is 49.5 Å². The van der Waals surface area contributed by atoms with Crippen LogP contribution in [0.5, 0.6) is 0 Å². The quantitative estimate of drug-likeness (QED) is 0.0181. The monoisotopic (exact) mass is 1670 g/mol. The second-order valence-electron chi connectivity index (χ2n) is 28.5. The molecule has 12 amide bonds. The lowest BCUT2D eigenvalue weighted by Crippen LogP contribution is -2.60. The molecule has 10 atom stereocenters. The Bertz CT molecular complexity index is 4460. The SMILES string of the molecule is CC(=O)N[C@@H](CC(=O)O)C(=O)N[C@@H](CCC(=O)O)C(=O)N[C@H](C(=O)N[C@@H](CC(=O)O)C(=O)N[C@@H](Cc1cn(Cc2ccc(/C(=C(\c3ccccc3)c3ccc(Cn4cc(C[C@@H](NC(=O)[C@@H](CC(=O)O)NC(=O)C(NC(=O)[C@@H](CCC(=O)O)NC(=O)[C@@H](CC(=O)O)NC(C)=O)C(C)C)C(N)=O)nn4)cc3)c3ccccc3)cc2)nn1)C(N)=O)C(C)C. The van der Waals surface area contributed by atoms with Crippen molar-refractivity contribution < 1.29 is 117 Å². The molecule has 0 spiro atoms. The Morgan fingerprint density at radius 1 is 0.333 bits per heavy atom. The topological polar surface area (TPSA) is 662 Å². The van der Waals surface area contributed by atoms with Crippen molar-refractivity contribution in [3.05, 3.63) is 166 Å². The standard InChI is InChI=1S/C78H94N18O24/c1-39(2)67(89-71(113)51(25-27-59(99)100)83-73(115)55(31-61(103)104)81-41(5)97)77(119)87-57(33-63(107)108)75(117)85-53(69(79)111)29-49-37-95(93-91-49)35-43-17-21-47(22-18-43)65(45-13-9-7-10-14-45)66(46-15-11-8-12-16-46)48-23-19-44(20-24-48)36-96-38-50(92-94-96)30-54(70(80)112)86-76(118)58(34-64(109)110)88-78(120)68(40(3)4)90-72(114)52(26-28-60(101)102)84-74(116)56(32-62(105)106)82-42(6)98/h7-24,37-40,51-58,67-68H,25-36H2,1-6H3,(H2,79,111)(H2,80,112)(H,81,97)(H,82,98)(H,83,115)(H,84,116)(H,85,117)(H,86,118)(H,87,119)(H,88,120)(H,89,113)(H,90,114)(H,99,100)(H,101,102)(H,103,104)(H,105,106)(H,107,108)(H,109,110)/b66-65+/t51-,52+,53-,54+,55-,56+,57-,58+,67-,68?/m0/s1. The average Bonchev–Trinajstić information content (AvgIpc) is 0.874. The molecule has 0 bridgehead atoms. The average molecular weight is 1670 g/mol. The fourth-order valence-corrected chi connectivity index (χ4v) is 12.2. The Morgan fingerprint density at radius 3 is 0.867 bits per heavy atom. The van der Waals surface area contributed by atoms with E-state index in [-0.39, 0.29) is 37.3 Å². The molecular weight excluding hydrogens is 1570 g/mol. The van der Waals surface area contributed by atoms with Crippen molar-refractivity contribution in [2.75, 3.05) is 0 Å². The van der Waals surface area contributed by atoms with Crippen molar-refractivity contribution in [2.45, 2.75) is 179 Å². The van der Waals surface area contributed by atoms with E-state index < -0.39 is 230 Å². The predicted octanol–water partition coefficient (Wildman–Crippen LogP) is -2.14. The number of nitrogens with zero attached hydrogens (tertiary/aromatic N) is 6. The molecular formula is C78H94N18O24. The lowest BCUT2D eigenvalue weighted by molar-refractivity contribution is -0.142. The van der Waals surface area contributed by atoms with Gasteiger partial charge in [0.25, 0.3) is 0 Å². The molecule has 42 heteroatoms. The largest absolute Gasteiger partial charge is 0.481 e. The third kappa shape index (κ3) is 30.2. The number of amides is 12. The van der Waals surface area contributed by atoms with Crippen LogP contribution in [-0.2, 0) is 112 Å². The van der Waals surface area contributed by atoms with Crippen molar-refractivity contribution in [3.8, 4) is 0 Å². The van der Waals surface area contributed by atoms with Gasteiger partial charge in [-0.05, 0) is 69.2 Å². The number of hydrogen-bond donors (Lipinski definition) is 18. The van der Waals surface area contributed by atoms with E-state index in [1.807, 2.05) is 109 Å². The minimum absolute atomic E-state index is 0.132.